The average Bonchev–Trinajstić information content (AvgIpc) is 3.31. The molecule has 3 aromatic rings. The summed E-state index contributed by atoms with van der Waals surface area (Å²) in [4.78, 5) is 26.1. The molecule has 9 heteroatoms. The molecule has 0 fully saturated rings. The van der Waals surface area contributed by atoms with Gasteiger partial charge in [0, 0.05) is 28.6 Å². The molecule has 0 saturated carbocycles. The fraction of sp³-hybridized carbons (Fsp3) is 0.154. The van der Waals surface area contributed by atoms with Gasteiger partial charge in [-0.05, 0) is 53.6 Å². The molecule has 2 amide bonds. The fourth-order valence-electron chi connectivity index (χ4n) is 4.40. The van der Waals surface area contributed by atoms with Gasteiger partial charge in [-0.15, -0.1) is 0 Å². The Balaban J connectivity index is 1.38. The summed E-state index contributed by atoms with van der Waals surface area (Å²) in [7, 11) is 0. The van der Waals surface area contributed by atoms with Crippen LogP contribution in [0, 0.1) is 0 Å². The fourth-order valence-corrected chi connectivity index (χ4v) is 4.93. The highest BCUT2D eigenvalue weighted by molar-refractivity contribution is 6.34. The van der Waals surface area contributed by atoms with Crippen LogP contribution in [0.15, 0.2) is 66.7 Å². The zero-order valence-corrected chi connectivity index (χ0v) is 19.4. The molecule has 5 rings (SSSR count). The molecule has 1 unspecified atom stereocenters. The molecule has 3 aromatic carbocycles. The Morgan fingerprint density at radius 2 is 1.57 bits per heavy atom. The summed E-state index contributed by atoms with van der Waals surface area (Å²) in [5.74, 6) is -0.656. The van der Waals surface area contributed by atoms with Crippen molar-refractivity contribution in [2.45, 2.75) is 18.2 Å². The maximum absolute atomic E-state index is 14.3. The van der Waals surface area contributed by atoms with Crippen molar-refractivity contribution in [1.82, 2.24) is 4.90 Å². The molecular formula is C26H16Cl2F3NO3. The van der Waals surface area contributed by atoms with Crippen LogP contribution in [0.4, 0.5) is 13.2 Å². The van der Waals surface area contributed by atoms with Crippen molar-refractivity contribution in [3.05, 3.63) is 105 Å². The van der Waals surface area contributed by atoms with E-state index in [1.165, 1.54) is 24.3 Å². The monoisotopic (exact) mass is 517 g/mol. The van der Waals surface area contributed by atoms with Crippen molar-refractivity contribution in [3.63, 3.8) is 0 Å². The molecule has 0 saturated heterocycles. The average molecular weight is 518 g/mol. The Labute approximate surface area is 208 Å². The minimum absolute atomic E-state index is 0.0352. The standard InChI is InChI=1S/C26H16Cl2F3NO3/c27-18-11-17(12-19(28)13-18)25(26(29,30)31)14-16-10-15(7-8-22(16)35-25)4-3-9-32-23(33)20-5-1-2-6-21(20)24(32)34/h1-8,10-13H,9,14H2. The maximum atomic E-state index is 14.3. The van der Waals surface area contributed by atoms with E-state index in [0.29, 0.717) is 22.3 Å². The number of carbonyl (C=O) groups excluding carboxylic acids is 2. The van der Waals surface area contributed by atoms with Crippen molar-refractivity contribution in [2.75, 3.05) is 6.54 Å². The number of imide groups is 1. The molecule has 2 heterocycles. The van der Waals surface area contributed by atoms with Gasteiger partial charge >= 0.3 is 6.18 Å². The molecule has 178 valence electrons. The largest absolute Gasteiger partial charge is 0.472 e. The molecule has 35 heavy (non-hydrogen) atoms. The molecule has 1 atom stereocenters. The first-order valence-corrected chi connectivity index (χ1v) is 11.3. The van der Waals surface area contributed by atoms with E-state index >= 15 is 0 Å². The number of alkyl halides is 3. The van der Waals surface area contributed by atoms with Crippen LogP contribution in [0.25, 0.3) is 6.08 Å². The van der Waals surface area contributed by atoms with Crippen LogP contribution < -0.4 is 4.74 Å². The number of rotatable bonds is 4. The topological polar surface area (TPSA) is 46.6 Å². The minimum atomic E-state index is -4.73. The minimum Gasteiger partial charge on any atom is -0.472 e. The second kappa shape index (κ2) is 8.43. The molecule has 0 spiro atoms. The first-order chi connectivity index (χ1) is 16.6. The quantitative estimate of drug-likeness (QED) is 0.362. The van der Waals surface area contributed by atoms with Crippen LogP contribution in [0.1, 0.15) is 37.4 Å². The Hall–Kier alpha value is -3.29. The Kier molecular flexibility index (Phi) is 5.65. The first kappa shape index (κ1) is 23.5. The van der Waals surface area contributed by atoms with Crippen molar-refractivity contribution in [3.8, 4) is 5.75 Å². The van der Waals surface area contributed by atoms with E-state index < -0.39 is 18.2 Å². The smallest absolute Gasteiger partial charge is 0.432 e. The molecule has 0 N–H and O–H groups in total. The van der Waals surface area contributed by atoms with Gasteiger partial charge < -0.3 is 4.74 Å². The predicted molar refractivity (Wildman–Crippen MR) is 126 cm³/mol. The number of hydrogen-bond acceptors (Lipinski definition) is 3. The summed E-state index contributed by atoms with van der Waals surface area (Å²) in [5.41, 5.74) is -1.13. The summed E-state index contributed by atoms with van der Waals surface area (Å²) in [6, 6.07) is 15.0. The number of halogens is 5. The normalized spacial score (nSPS) is 19.3. The second-order valence-corrected chi connectivity index (χ2v) is 9.17. The first-order valence-electron chi connectivity index (χ1n) is 10.6. The van der Waals surface area contributed by atoms with E-state index in [9.17, 15) is 22.8 Å². The van der Waals surface area contributed by atoms with Gasteiger partial charge in [0.1, 0.15) is 5.75 Å². The van der Waals surface area contributed by atoms with E-state index in [1.54, 1.807) is 48.6 Å². The van der Waals surface area contributed by atoms with Crippen LogP contribution in [-0.4, -0.2) is 29.4 Å². The van der Waals surface area contributed by atoms with Gasteiger partial charge in [0.25, 0.3) is 11.8 Å². The summed E-state index contributed by atoms with van der Waals surface area (Å²) in [5, 5.41) is 0.153. The van der Waals surface area contributed by atoms with Gasteiger partial charge in [-0.2, -0.15) is 13.2 Å². The molecule has 4 nitrogen and oxygen atoms in total. The van der Waals surface area contributed by atoms with Crippen molar-refractivity contribution >= 4 is 41.1 Å². The molecule has 2 aliphatic heterocycles. The predicted octanol–water partition coefficient (Wildman–Crippen LogP) is 6.70. The van der Waals surface area contributed by atoms with E-state index in [1.807, 2.05) is 0 Å². The van der Waals surface area contributed by atoms with Crippen LogP contribution in [-0.2, 0) is 12.0 Å². The van der Waals surface area contributed by atoms with Gasteiger partial charge in [0.15, 0.2) is 0 Å². The van der Waals surface area contributed by atoms with Gasteiger partial charge in [-0.1, -0.05) is 53.6 Å². The summed E-state index contributed by atoms with van der Waals surface area (Å²) >= 11 is 11.9. The Morgan fingerprint density at radius 1 is 0.943 bits per heavy atom. The SMILES string of the molecule is O=C1c2ccccc2C(=O)N1CC=Cc1ccc2c(c1)CC(c1cc(Cl)cc(Cl)c1)(C(F)(F)F)O2. The number of ether oxygens (including phenoxy) is 1. The highest BCUT2D eigenvalue weighted by Gasteiger charge is 2.61. The number of hydrogen-bond donors (Lipinski definition) is 0. The van der Waals surface area contributed by atoms with Crippen LogP contribution in [0.2, 0.25) is 10.0 Å². The number of nitrogens with zero attached hydrogens (tertiary/aromatic N) is 1. The highest BCUT2D eigenvalue weighted by atomic mass is 35.5. The van der Waals surface area contributed by atoms with Gasteiger partial charge in [-0.3, -0.25) is 14.5 Å². The summed E-state index contributed by atoms with van der Waals surface area (Å²) in [6.45, 7) is 0.0352. The Bertz CT molecular complexity index is 1350. The van der Waals surface area contributed by atoms with E-state index in [2.05, 4.69) is 0 Å². The van der Waals surface area contributed by atoms with E-state index in [-0.39, 0.29) is 39.7 Å². The number of amides is 2. The number of carbonyl (C=O) groups is 2. The lowest BCUT2D eigenvalue weighted by Crippen LogP contribution is -2.46. The molecule has 0 radical (unpaired) electrons. The van der Waals surface area contributed by atoms with Gasteiger partial charge in [0.05, 0.1) is 11.1 Å². The molecule has 0 bridgehead atoms. The van der Waals surface area contributed by atoms with Crippen LogP contribution >= 0.6 is 23.2 Å². The number of fused-ring (bicyclic) bond motifs is 2. The van der Waals surface area contributed by atoms with E-state index in [0.717, 1.165) is 4.90 Å². The molecule has 0 aromatic heterocycles. The lowest BCUT2D eigenvalue weighted by Gasteiger charge is -2.31. The lowest BCUT2D eigenvalue weighted by atomic mass is 9.88. The third kappa shape index (κ3) is 3.98. The van der Waals surface area contributed by atoms with Crippen LogP contribution in [0.3, 0.4) is 0 Å². The summed E-state index contributed by atoms with van der Waals surface area (Å²) in [6.07, 6.45) is -1.93. The van der Waals surface area contributed by atoms with Crippen molar-refractivity contribution < 1.29 is 27.5 Å². The van der Waals surface area contributed by atoms with Gasteiger partial charge in [-0.25, -0.2) is 0 Å². The zero-order chi connectivity index (χ0) is 25.0. The molecule has 0 aliphatic carbocycles. The van der Waals surface area contributed by atoms with Gasteiger partial charge in [0.2, 0.25) is 5.60 Å². The van der Waals surface area contributed by atoms with Crippen molar-refractivity contribution in [2.24, 2.45) is 0 Å². The zero-order valence-electron chi connectivity index (χ0n) is 17.9. The maximum Gasteiger partial charge on any atom is 0.432 e. The lowest BCUT2D eigenvalue weighted by molar-refractivity contribution is -0.248. The second-order valence-electron chi connectivity index (χ2n) is 8.30. The van der Waals surface area contributed by atoms with Crippen LogP contribution in [0.5, 0.6) is 5.75 Å². The van der Waals surface area contributed by atoms with E-state index in [4.69, 9.17) is 27.9 Å². The third-order valence-corrected chi connectivity index (χ3v) is 6.51. The van der Waals surface area contributed by atoms with Crippen molar-refractivity contribution in [1.29, 1.82) is 0 Å². The molecule has 2 aliphatic rings. The third-order valence-electron chi connectivity index (χ3n) is 6.07. The number of benzene rings is 3. The Morgan fingerprint density at radius 3 is 2.17 bits per heavy atom. The highest BCUT2D eigenvalue weighted by Crippen LogP contribution is 2.51. The summed E-state index contributed by atoms with van der Waals surface area (Å²) < 4.78 is 48.4. The molecular weight excluding hydrogens is 502 g/mol.